The fraction of sp³-hybridized carbons (Fsp3) is 0.421. The number of aromatic nitrogens is 1. The summed E-state index contributed by atoms with van der Waals surface area (Å²) >= 11 is 0. The Hall–Kier alpha value is -1.94. The Labute approximate surface area is 136 Å². The molecule has 122 valence electrons. The van der Waals surface area contributed by atoms with Crippen LogP contribution in [-0.4, -0.2) is 22.6 Å². The highest BCUT2D eigenvalue weighted by Gasteiger charge is 2.25. The van der Waals surface area contributed by atoms with E-state index in [0.717, 1.165) is 37.2 Å². The minimum absolute atomic E-state index is 0.0365. The van der Waals surface area contributed by atoms with Crippen molar-refractivity contribution in [3.8, 4) is 0 Å². The van der Waals surface area contributed by atoms with E-state index in [1.165, 1.54) is 6.07 Å². The molecule has 0 radical (unpaired) electrons. The van der Waals surface area contributed by atoms with Gasteiger partial charge in [0.05, 0.1) is 0 Å². The molecule has 1 unspecified atom stereocenters. The molecule has 2 aromatic rings. The summed E-state index contributed by atoms with van der Waals surface area (Å²) in [5, 5.41) is 0. The van der Waals surface area contributed by atoms with Crippen molar-refractivity contribution in [2.75, 3.05) is 13.1 Å². The summed E-state index contributed by atoms with van der Waals surface area (Å²) < 4.78 is 15.7. The van der Waals surface area contributed by atoms with Gasteiger partial charge in [0.1, 0.15) is 5.82 Å². The molecule has 2 heterocycles. The number of rotatable bonds is 4. The molecule has 1 atom stereocenters. The molecule has 23 heavy (non-hydrogen) atoms. The molecule has 3 nitrogen and oxygen atoms in total. The highest BCUT2D eigenvalue weighted by molar-refractivity contribution is 5.23. The van der Waals surface area contributed by atoms with Gasteiger partial charge in [-0.15, -0.1) is 0 Å². The van der Waals surface area contributed by atoms with Crippen LogP contribution < -0.4 is 5.56 Å². The van der Waals surface area contributed by atoms with Gasteiger partial charge in [-0.3, -0.25) is 9.69 Å². The first-order chi connectivity index (χ1) is 11.0. The van der Waals surface area contributed by atoms with Crippen molar-refractivity contribution in [1.29, 1.82) is 0 Å². The summed E-state index contributed by atoms with van der Waals surface area (Å²) in [7, 11) is 0. The average molecular weight is 314 g/mol. The predicted octanol–water partition coefficient (Wildman–Crippen LogP) is 3.56. The van der Waals surface area contributed by atoms with Crippen molar-refractivity contribution in [2.45, 2.75) is 38.8 Å². The van der Waals surface area contributed by atoms with Crippen LogP contribution in [-0.2, 0) is 6.54 Å². The maximum Gasteiger partial charge on any atom is 0.250 e. The second kappa shape index (κ2) is 6.67. The van der Waals surface area contributed by atoms with Gasteiger partial charge < -0.3 is 4.57 Å². The van der Waals surface area contributed by atoms with Gasteiger partial charge in [0.15, 0.2) is 0 Å². The Morgan fingerprint density at radius 3 is 2.74 bits per heavy atom. The first kappa shape index (κ1) is 15.9. The number of benzene rings is 1. The van der Waals surface area contributed by atoms with Crippen molar-refractivity contribution in [2.24, 2.45) is 0 Å². The molecule has 4 heteroatoms. The van der Waals surface area contributed by atoms with Crippen molar-refractivity contribution >= 4 is 0 Å². The number of nitrogens with zero attached hydrogens (tertiary/aromatic N) is 2. The lowest BCUT2D eigenvalue weighted by Gasteiger charge is -2.18. The first-order valence-electron chi connectivity index (χ1n) is 8.22. The molecular formula is C19H23FN2O. The van der Waals surface area contributed by atoms with Gasteiger partial charge in [-0.25, -0.2) is 4.39 Å². The molecule has 0 N–H and O–H groups in total. The zero-order valence-electron chi connectivity index (χ0n) is 13.7. The minimum atomic E-state index is -0.104. The van der Waals surface area contributed by atoms with E-state index < -0.39 is 0 Å². The van der Waals surface area contributed by atoms with Crippen LogP contribution in [0, 0.1) is 5.82 Å². The smallest absolute Gasteiger partial charge is 0.250 e. The summed E-state index contributed by atoms with van der Waals surface area (Å²) in [4.78, 5) is 14.2. The highest BCUT2D eigenvalue weighted by atomic mass is 19.1. The molecular weight excluding hydrogens is 291 g/mol. The lowest BCUT2D eigenvalue weighted by atomic mass is 9.98. The second-order valence-corrected chi connectivity index (χ2v) is 6.62. The molecule has 1 aliphatic rings. The standard InChI is InChI=1S/C19H23FN2O/c1-14(2)22-12-15(7-8-19(22)23)11-21-10-9-16(13-21)17-5-3-4-6-18(17)20/h3-8,12,14,16H,9-11,13H2,1-2H3. The van der Waals surface area contributed by atoms with Crippen LogP contribution >= 0.6 is 0 Å². The fourth-order valence-corrected chi connectivity index (χ4v) is 3.34. The molecule has 1 fully saturated rings. The third-order valence-electron chi connectivity index (χ3n) is 4.58. The van der Waals surface area contributed by atoms with Crippen LogP contribution in [0.15, 0.2) is 47.4 Å². The van der Waals surface area contributed by atoms with E-state index >= 15 is 0 Å². The largest absolute Gasteiger partial charge is 0.313 e. The van der Waals surface area contributed by atoms with E-state index in [0.29, 0.717) is 0 Å². The first-order valence-corrected chi connectivity index (χ1v) is 8.22. The van der Waals surface area contributed by atoms with Gasteiger partial charge in [-0.05, 0) is 44.0 Å². The topological polar surface area (TPSA) is 25.2 Å². The number of likely N-dealkylation sites (tertiary alicyclic amines) is 1. The fourth-order valence-electron chi connectivity index (χ4n) is 3.34. The summed E-state index contributed by atoms with van der Waals surface area (Å²) in [5.74, 6) is 0.153. The Kier molecular flexibility index (Phi) is 4.62. The van der Waals surface area contributed by atoms with Gasteiger partial charge in [0, 0.05) is 37.3 Å². The maximum atomic E-state index is 13.9. The van der Waals surface area contributed by atoms with Crippen molar-refractivity contribution in [3.05, 3.63) is 69.9 Å². The predicted molar refractivity (Wildman–Crippen MR) is 90.1 cm³/mol. The Morgan fingerprint density at radius 2 is 2.00 bits per heavy atom. The minimum Gasteiger partial charge on any atom is -0.313 e. The molecule has 0 amide bonds. The number of pyridine rings is 1. The van der Waals surface area contributed by atoms with E-state index in [-0.39, 0.29) is 23.3 Å². The summed E-state index contributed by atoms with van der Waals surface area (Å²) in [6.07, 6.45) is 2.92. The quantitative estimate of drug-likeness (QED) is 0.862. The molecule has 0 bridgehead atoms. The molecule has 0 aliphatic carbocycles. The zero-order chi connectivity index (χ0) is 16.4. The second-order valence-electron chi connectivity index (χ2n) is 6.62. The van der Waals surface area contributed by atoms with Crippen LogP contribution in [0.5, 0.6) is 0 Å². The van der Waals surface area contributed by atoms with Gasteiger partial charge in [0.2, 0.25) is 0 Å². The number of halogens is 1. The third kappa shape index (κ3) is 3.53. The van der Waals surface area contributed by atoms with E-state index in [4.69, 9.17) is 0 Å². The molecule has 1 aromatic heterocycles. The maximum absolute atomic E-state index is 13.9. The van der Waals surface area contributed by atoms with Gasteiger partial charge in [-0.1, -0.05) is 24.3 Å². The van der Waals surface area contributed by atoms with Crippen molar-refractivity contribution in [1.82, 2.24) is 9.47 Å². The summed E-state index contributed by atoms with van der Waals surface area (Å²) in [6.45, 7) is 6.64. The SMILES string of the molecule is CC(C)n1cc(CN2CCC(c3ccccc3F)C2)ccc1=O. The molecule has 1 saturated heterocycles. The van der Waals surface area contributed by atoms with Crippen molar-refractivity contribution in [3.63, 3.8) is 0 Å². The van der Waals surface area contributed by atoms with Crippen molar-refractivity contribution < 1.29 is 4.39 Å². The Balaban J connectivity index is 1.70. The van der Waals surface area contributed by atoms with Crippen LogP contribution in [0.2, 0.25) is 0 Å². The Bertz CT molecular complexity index is 738. The number of hydrogen-bond donors (Lipinski definition) is 0. The third-order valence-corrected chi connectivity index (χ3v) is 4.58. The normalized spacial score (nSPS) is 18.7. The van der Waals surface area contributed by atoms with Gasteiger partial charge >= 0.3 is 0 Å². The van der Waals surface area contributed by atoms with Crippen LogP contribution in [0.4, 0.5) is 4.39 Å². The lowest BCUT2D eigenvalue weighted by Crippen LogP contribution is -2.24. The average Bonchev–Trinajstić information content (AvgIpc) is 2.97. The van der Waals surface area contributed by atoms with E-state index in [1.54, 1.807) is 16.7 Å². The van der Waals surface area contributed by atoms with Gasteiger partial charge in [-0.2, -0.15) is 0 Å². The van der Waals surface area contributed by atoms with E-state index in [1.807, 2.05) is 38.2 Å². The molecule has 0 spiro atoms. The number of hydrogen-bond acceptors (Lipinski definition) is 2. The molecule has 1 aromatic carbocycles. The highest BCUT2D eigenvalue weighted by Crippen LogP contribution is 2.29. The molecule has 1 aliphatic heterocycles. The van der Waals surface area contributed by atoms with Gasteiger partial charge in [0.25, 0.3) is 5.56 Å². The molecule has 3 rings (SSSR count). The van der Waals surface area contributed by atoms with E-state index in [2.05, 4.69) is 4.90 Å². The molecule has 0 saturated carbocycles. The van der Waals surface area contributed by atoms with Crippen LogP contribution in [0.25, 0.3) is 0 Å². The van der Waals surface area contributed by atoms with E-state index in [9.17, 15) is 9.18 Å². The lowest BCUT2D eigenvalue weighted by molar-refractivity contribution is 0.324. The monoisotopic (exact) mass is 314 g/mol. The summed E-state index contributed by atoms with van der Waals surface area (Å²) in [6, 6.07) is 10.8. The zero-order valence-corrected chi connectivity index (χ0v) is 13.7. The Morgan fingerprint density at radius 1 is 1.22 bits per heavy atom. The van der Waals surface area contributed by atoms with Crippen LogP contribution in [0.3, 0.4) is 0 Å². The van der Waals surface area contributed by atoms with Crippen LogP contribution in [0.1, 0.15) is 43.4 Å². The summed E-state index contributed by atoms with van der Waals surface area (Å²) in [5.41, 5.74) is 1.99.